The average Bonchev–Trinajstić information content (AvgIpc) is 2.35. The fourth-order valence-electron chi connectivity index (χ4n) is 1.02. The molecule has 62 valence electrons. The van der Waals surface area contributed by atoms with Crippen molar-refractivity contribution in [2.45, 2.75) is 32.9 Å². The number of hydrogen-bond donors (Lipinski definition) is 1. The molecular weight excluding hydrogens is 156 g/mol. The van der Waals surface area contributed by atoms with E-state index in [9.17, 15) is 0 Å². The van der Waals surface area contributed by atoms with Crippen molar-refractivity contribution in [2.24, 2.45) is 0 Å². The molecule has 1 aromatic rings. The summed E-state index contributed by atoms with van der Waals surface area (Å²) in [6.45, 7) is 6.42. The quantitative estimate of drug-likeness (QED) is 0.752. The Labute approximate surface area is 71.7 Å². The first kappa shape index (κ1) is 8.68. The van der Waals surface area contributed by atoms with E-state index in [1.807, 2.05) is 11.6 Å². The second-order valence-electron chi connectivity index (χ2n) is 2.91. The van der Waals surface area contributed by atoms with E-state index in [1.54, 1.807) is 11.3 Å². The molecule has 0 aliphatic heterocycles. The van der Waals surface area contributed by atoms with E-state index in [-0.39, 0.29) is 0 Å². The molecule has 0 aliphatic rings. The molecule has 0 saturated carbocycles. The van der Waals surface area contributed by atoms with Crippen LogP contribution in [0.15, 0.2) is 11.6 Å². The van der Waals surface area contributed by atoms with Gasteiger partial charge in [-0.15, -0.1) is 11.3 Å². The van der Waals surface area contributed by atoms with Crippen molar-refractivity contribution in [1.82, 2.24) is 10.3 Å². The van der Waals surface area contributed by atoms with Crippen LogP contribution in [0.1, 0.15) is 31.8 Å². The number of nitrogens with zero attached hydrogens (tertiary/aromatic N) is 1. The van der Waals surface area contributed by atoms with E-state index >= 15 is 0 Å². The average molecular weight is 170 g/mol. The SMILES string of the molecule is CC(C)N[C@@H](C)c1nccs1. The van der Waals surface area contributed by atoms with Gasteiger partial charge in [0.15, 0.2) is 0 Å². The zero-order chi connectivity index (χ0) is 8.27. The minimum atomic E-state index is 0.384. The van der Waals surface area contributed by atoms with Crippen molar-refractivity contribution in [1.29, 1.82) is 0 Å². The zero-order valence-corrected chi connectivity index (χ0v) is 7.98. The first-order valence-corrected chi connectivity index (χ1v) is 4.73. The second-order valence-corrected chi connectivity index (χ2v) is 3.84. The summed E-state index contributed by atoms with van der Waals surface area (Å²) < 4.78 is 0. The first-order chi connectivity index (χ1) is 5.20. The van der Waals surface area contributed by atoms with Crippen molar-refractivity contribution < 1.29 is 0 Å². The Balaban J connectivity index is 2.49. The van der Waals surface area contributed by atoms with Crippen molar-refractivity contribution >= 4 is 11.3 Å². The normalized spacial score (nSPS) is 13.8. The van der Waals surface area contributed by atoms with Gasteiger partial charge in [0.05, 0.1) is 6.04 Å². The maximum Gasteiger partial charge on any atom is 0.109 e. The predicted octanol–water partition coefficient (Wildman–Crippen LogP) is 2.20. The van der Waals surface area contributed by atoms with Crippen molar-refractivity contribution in [3.63, 3.8) is 0 Å². The van der Waals surface area contributed by atoms with E-state index in [4.69, 9.17) is 0 Å². The highest BCUT2D eigenvalue weighted by Crippen LogP contribution is 2.14. The van der Waals surface area contributed by atoms with Crippen LogP contribution in [0, 0.1) is 0 Å². The van der Waals surface area contributed by atoms with E-state index < -0.39 is 0 Å². The second kappa shape index (κ2) is 3.83. The Hall–Kier alpha value is -0.410. The molecular formula is C8H14N2S. The molecule has 1 N–H and O–H groups in total. The van der Waals surface area contributed by atoms with Crippen molar-refractivity contribution in [2.75, 3.05) is 0 Å². The molecule has 0 radical (unpaired) electrons. The number of thiazole rings is 1. The van der Waals surface area contributed by atoms with E-state index in [2.05, 4.69) is 31.1 Å². The molecule has 0 saturated heterocycles. The minimum Gasteiger partial charge on any atom is -0.306 e. The van der Waals surface area contributed by atoms with Crippen molar-refractivity contribution in [3.8, 4) is 0 Å². The van der Waals surface area contributed by atoms with Crippen LogP contribution in [-0.2, 0) is 0 Å². The molecule has 3 heteroatoms. The summed E-state index contributed by atoms with van der Waals surface area (Å²) in [5.74, 6) is 0. The Morgan fingerprint density at radius 2 is 2.18 bits per heavy atom. The minimum absolute atomic E-state index is 0.384. The lowest BCUT2D eigenvalue weighted by Gasteiger charge is -2.13. The molecule has 0 bridgehead atoms. The van der Waals surface area contributed by atoms with Gasteiger partial charge in [0.25, 0.3) is 0 Å². The van der Waals surface area contributed by atoms with Crippen molar-refractivity contribution in [3.05, 3.63) is 16.6 Å². The molecule has 0 unspecified atom stereocenters. The maximum atomic E-state index is 4.23. The Morgan fingerprint density at radius 3 is 2.64 bits per heavy atom. The van der Waals surface area contributed by atoms with Gasteiger partial charge >= 0.3 is 0 Å². The zero-order valence-electron chi connectivity index (χ0n) is 7.16. The van der Waals surface area contributed by atoms with Gasteiger partial charge in [-0.25, -0.2) is 4.98 Å². The molecule has 2 nitrogen and oxygen atoms in total. The third-order valence-corrected chi connectivity index (χ3v) is 2.36. The van der Waals surface area contributed by atoms with Crippen LogP contribution >= 0.6 is 11.3 Å². The molecule has 0 fully saturated rings. The molecule has 1 atom stereocenters. The van der Waals surface area contributed by atoms with Gasteiger partial charge in [0.1, 0.15) is 5.01 Å². The van der Waals surface area contributed by atoms with Gasteiger partial charge in [-0.1, -0.05) is 13.8 Å². The van der Waals surface area contributed by atoms with Crippen LogP contribution in [0.2, 0.25) is 0 Å². The van der Waals surface area contributed by atoms with Crippen LogP contribution in [-0.4, -0.2) is 11.0 Å². The smallest absolute Gasteiger partial charge is 0.109 e. The Bertz CT molecular complexity index is 194. The van der Waals surface area contributed by atoms with Gasteiger partial charge < -0.3 is 5.32 Å². The molecule has 0 aromatic carbocycles. The van der Waals surface area contributed by atoms with Crippen LogP contribution < -0.4 is 5.32 Å². The van der Waals surface area contributed by atoms with Gasteiger partial charge in [-0.2, -0.15) is 0 Å². The number of aromatic nitrogens is 1. The summed E-state index contributed by atoms with van der Waals surface area (Å²) in [6.07, 6.45) is 1.85. The summed E-state index contributed by atoms with van der Waals surface area (Å²) in [5, 5.41) is 6.57. The van der Waals surface area contributed by atoms with Gasteiger partial charge in [0.2, 0.25) is 0 Å². The first-order valence-electron chi connectivity index (χ1n) is 3.85. The molecule has 11 heavy (non-hydrogen) atoms. The largest absolute Gasteiger partial charge is 0.306 e. The third-order valence-electron chi connectivity index (χ3n) is 1.41. The number of rotatable bonds is 3. The summed E-state index contributed by atoms with van der Waals surface area (Å²) in [4.78, 5) is 4.23. The summed E-state index contributed by atoms with van der Waals surface area (Å²) in [5.41, 5.74) is 0. The molecule has 0 aliphatic carbocycles. The summed E-state index contributed by atoms with van der Waals surface area (Å²) in [6, 6.07) is 0.906. The Morgan fingerprint density at radius 1 is 1.45 bits per heavy atom. The monoisotopic (exact) mass is 170 g/mol. The van der Waals surface area contributed by atoms with E-state index in [0.717, 1.165) is 0 Å². The lowest BCUT2D eigenvalue weighted by atomic mass is 10.3. The Kier molecular flexibility index (Phi) is 3.02. The summed E-state index contributed by atoms with van der Waals surface area (Å²) >= 11 is 1.70. The van der Waals surface area contributed by atoms with Crippen LogP contribution in [0.3, 0.4) is 0 Å². The van der Waals surface area contributed by atoms with Crippen LogP contribution in [0.4, 0.5) is 0 Å². The highest BCUT2D eigenvalue weighted by atomic mass is 32.1. The lowest BCUT2D eigenvalue weighted by molar-refractivity contribution is 0.504. The standard InChI is InChI=1S/C8H14N2S/c1-6(2)10-7(3)8-9-4-5-11-8/h4-7,10H,1-3H3/t7-/m0/s1. The highest BCUT2D eigenvalue weighted by Gasteiger charge is 2.07. The van der Waals surface area contributed by atoms with Crippen LogP contribution in [0.5, 0.6) is 0 Å². The van der Waals surface area contributed by atoms with Gasteiger partial charge in [-0.05, 0) is 6.92 Å². The highest BCUT2D eigenvalue weighted by molar-refractivity contribution is 7.09. The van der Waals surface area contributed by atoms with Crippen LogP contribution in [0.25, 0.3) is 0 Å². The maximum absolute atomic E-state index is 4.23. The molecule has 0 spiro atoms. The number of nitrogens with one attached hydrogen (secondary N) is 1. The van der Waals surface area contributed by atoms with Gasteiger partial charge in [0, 0.05) is 17.6 Å². The predicted molar refractivity (Wildman–Crippen MR) is 48.8 cm³/mol. The van der Waals surface area contributed by atoms with E-state index in [1.165, 1.54) is 5.01 Å². The summed E-state index contributed by atoms with van der Waals surface area (Å²) in [7, 11) is 0. The third kappa shape index (κ3) is 2.60. The molecule has 0 amide bonds. The lowest BCUT2D eigenvalue weighted by Crippen LogP contribution is -2.25. The fraction of sp³-hybridized carbons (Fsp3) is 0.625. The van der Waals surface area contributed by atoms with Gasteiger partial charge in [-0.3, -0.25) is 0 Å². The molecule has 1 aromatic heterocycles. The topological polar surface area (TPSA) is 24.9 Å². The molecule has 1 heterocycles. The molecule has 1 rings (SSSR count). The number of hydrogen-bond acceptors (Lipinski definition) is 3. The fourth-order valence-corrected chi connectivity index (χ4v) is 1.67. The van der Waals surface area contributed by atoms with E-state index in [0.29, 0.717) is 12.1 Å².